The summed E-state index contributed by atoms with van der Waals surface area (Å²) in [6.45, 7) is 9.98. The van der Waals surface area contributed by atoms with Crippen molar-refractivity contribution in [2.45, 2.75) is 51.9 Å². The SMILES string of the molecule is C=C1NC2=C(C(=O)CC(C)(C)C2)C(c2cc(Br)c(OC)c(OC)c2)C1C(=O)N1CCCCC1. The fraction of sp³-hybridized carbons (Fsp3) is 0.538. The topological polar surface area (TPSA) is 67.9 Å². The van der Waals surface area contributed by atoms with Gasteiger partial charge in [-0.2, -0.15) is 0 Å². The predicted octanol–water partition coefficient (Wildman–Crippen LogP) is 4.94. The third kappa shape index (κ3) is 4.44. The Morgan fingerprint density at radius 1 is 1.15 bits per heavy atom. The Morgan fingerprint density at radius 2 is 1.85 bits per heavy atom. The average Bonchev–Trinajstić information content (AvgIpc) is 2.76. The summed E-state index contributed by atoms with van der Waals surface area (Å²) < 4.78 is 11.8. The molecule has 2 aliphatic heterocycles. The lowest BCUT2D eigenvalue weighted by Crippen LogP contribution is -2.48. The minimum absolute atomic E-state index is 0.0345. The Bertz CT molecular complexity index is 1020. The van der Waals surface area contributed by atoms with Gasteiger partial charge in [0, 0.05) is 42.4 Å². The number of likely N-dealkylation sites (tertiary alicyclic amines) is 1. The van der Waals surface area contributed by atoms with Crippen molar-refractivity contribution in [2.75, 3.05) is 27.3 Å². The lowest BCUT2D eigenvalue weighted by atomic mass is 9.66. The van der Waals surface area contributed by atoms with E-state index in [1.54, 1.807) is 14.2 Å². The molecule has 4 rings (SSSR count). The van der Waals surface area contributed by atoms with E-state index in [1.165, 1.54) is 0 Å². The number of rotatable bonds is 4. The van der Waals surface area contributed by atoms with Crippen LogP contribution in [0.15, 0.2) is 40.2 Å². The molecule has 7 heteroatoms. The van der Waals surface area contributed by atoms with Gasteiger partial charge in [0.15, 0.2) is 17.3 Å². The van der Waals surface area contributed by atoms with Gasteiger partial charge in [0.25, 0.3) is 0 Å². The first kappa shape index (κ1) is 23.9. The first-order valence-corrected chi connectivity index (χ1v) is 12.4. The zero-order chi connectivity index (χ0) is 23.9. The van der Waals surface area contributed by atoms with Crippen LogP contribution in [0.25, 0.3) is 0 Å². The van der Waals surface area contributed by atoms with E-state index in [2.05, 4.69) is 41.7 Å². The van der Waals surface area contributed by atoms with E-state index in [0.717, 1.165) is 54.5 Å². The van der Waals surface area contributed by atoms with E-state index < -0.39 is 11.8 Å². The molecule has 1 amide bonds. The number of allylic oxidation sites excluding steroid dienone is 2. The smallest absolute Gasteiger partial charge is 0.232 e. The van der Waals surface area contributed by atoms with E-state index in [0.29, 0.717) is 29.2 Å². The first-order chi connectivity index (χ1) is 15.7. The number of nitrogens with one attached hydrogen (secondary N) is 1. The molecule has 178 valence electrons. The van der Waals surface area contributed by atoms with Gasteiger partial charge in [-0.1, -0.05) is 20.4 Å². The molecule has 6 nitrogen and oxygen atoms in total. The standard InChI is InChI=1S/C26H33BrN2O4/c1-15-21(25(31)29-9-7-6-8-10-29)22(16-11-17(27)24(33-5)20(12-16)32-4)23-18(28-15)13-26(2,3)14-19(23)30/h11-12,21-22,28H,1,6-10,13-14H2,2-5H3. The molecule has 1 aliphatic carbocycles. The van der Waals surface area contributed by atoms with Gasteiger partial charge < -0.3 is 19.7 Å². The van der Waals surface area contributed by atoms with Crippen molar-refractivity contribution >= 4 is 27.6 Å². The number of carbonyl (C=O) groups is 2. The molecule has 3 aliphatic rings. The quantitative estimate of drug-likeness (QED) is 0.613. The molecule has 1 aromatic carbocycles. The number of benzene rings is 1. The van der Waals surface area contributed by atoms with Crippen LogP contribution >= 0.6 is 15.9 Å². The highest BCUT2D eigenvalue weighted by atomic mass is 79.9. The Kier molecular flexibility index (Phi) is 6.63. The van der Waals surface area contributed by atoms with E-state index in [-0.39, 0.29) is 17.1 Å². The molecule has 1 N–H and O–H groups in total. The molecule has 0 bridgehead atoms. The highest BCUT2D eigenvalue weighted by molar-refractivity contribution is 9.10. The van der Waals surface area contributed by atoms with Crippen LogP contribution in [0.4, 0.5) is 0 Å². The lowest BCUT2D eigenvalue weighted by Gasteiger charge is -2.44. The molecular formula is C26H33BrN2O4. The van der Waals surface area contributed by atoms with Crippen molar-refractivity contribution in [2.24, 2.45) is 11.3 Å². The monoisotopic (exact) mass is 516 g/mol. The second-order valence-electron chi connectivity index (χ2n) is 10.1. The van der Waals surface area contributed by atoms with Crippen LogP contribution in [0, 0.1) is 11.3 Å². The van der Waals surface area contributed by atoms with Gasteiger partial charge in [-0.3, -0.25) is 9.59 Å². The number of ketones is 1. The summed E-state index contributed by atoms with van der Waals surface area (Å²) in [6.07, 6.45) is 4.35. The number of methoxy groups -OCH3 is 2. The molecule has 0 spiro atoms. The molecule has 2 heterocycles. The number of carbonyl (C=O) groups excluding carboxylic acids is 2. The zero-order valence-corrected chi connectivity index (χ0v) is 21.5. The minimum Gasteiger partial charge on any atom is -0.493 e. The zero-order valence-electron chi connectivity index (χ0n) is 19.9. The van der Waals surface area contributed by atoms with Gasteiger partial charge in [-0.05, 0) is 64.7 Å². The van der Waals surface area contributed by atoms with Crippen LogP contribution in [0.5, 0.6) is 11.5 Å². The summed E-state index contributed by atoms with van der Waals surface area (Å²) in [4.78, 5) is 29.3. The van der Waals surface area contributed by atoms with Crippen LogP contribution in [0.3, 0.4) is 0 Å². The molecule has 1 fully saturated rings. The van der Waals surface area contributed by atoms with Gasteiger partial charge in [-0.25, -0.2) is 0 Å². The maximum absolute atomic E-state index is 13.8. The maximum atomic E-state index is 13.8. The summed E-state index contributed by atoms with van der Waals surface area (Å²) in [7, 11) is 3.18. The second-order valence-corrected chi connectivity index (χ2v) is 10.9. The highest BCUT2D eigenvalue weighted by Crippen LogP contribution is 2.50. The number of nitrogens with zero attached hydrogens (tertiary/aromatic N) is 1. The van der Waals surface area contributed by atoms with E-state index >= 15 is 0 Å². The lowest BCUT2D eigenvalue weighted by molar-refractivity contribution is -0.136. The summed E-state index contributed by atoms with van der Waals surface area (Å²) in [5.74, 6) is 0.278. The van der Waals surface area contributed by atoms with Crippen molar-refractivity contribution in [3.63, 3.8) is 0 Å². The Balaban J connectivity index is 1.88. The summed E-state index contributed by atoms with van der Waals surface area (Å²) >= 11 is 3.60. The molecule has 2 atom stereocenters. The van der Waals surface area contributed by atoms with Gasteiger partial charge in [-0.15, -0.1) is 0 Å². The van der Waals surface area contributed by atoms with Crippen molar-refractivity contribution in [3.8, 4) is 11.5 Å². The van der Waals surface area contributed by atoms with Gasteiger partial charge in [0.1, 0.15) is 0 Å². The van der Waals surface area contributed by atoms with Crippen molar-refractivity contribution in [1.82, 2.24) is 10.2 Å². The summed E-state index contributed by atoms with van der Waals surface area (Å²) in [6, 6.07) is 3.83. The maximum Gasteiger partial charge on any atom is 0.232 e. The van der Waals surface area contributed by atoms with Gasteiger partial charge >= 0.3 is 0 Å². The molecule has 0 aromatic heterocycles. The average molecular weight is 517 g/mol. The number of Topliss-reactive ketones (excluding diaryl/α,β-unsaturated/α-hetero) is 1. The van der Waals surface area contributed by atoms with Gasteiger partial charge in [0.2, 0.25) is 5.91 Å². The Hall–Kier alpha value is -2.28. The summed E-state index contributed by atoms with van der Waals surface area (Å²) in [5.41, 5.74) is 2.95. The molecule has 2 unspecified atom stereocenters. The number of hydrogen-bond donors (Lipinski definition) is 1. The first-order valence-electron chi connectivity index (χ1n) is 11.6. The fourth-order valence-corrected chi connectivity index (χ4v) is 6.15. The second kappa shape index (κ2) is 9.16. The normalized spacial score (nSPS) is 24.8. The van der Waals surface area contributed by atoms with E-state index in [9.17, 15) is 9.59 Å². The minimum atomic E-state index is -0.558. The molecule has 0 radical (unpaired) electrons. The Labute approximate surface area is 204 Å². The third-order valence-electron chi connectivity index (χ3n) is 7.00. The Morgan fingerprint density at radius 3 is 2.48 bits per heavy atom. The van der Waals surface area contributed by atoms with Crippen LogP contribution in [-0.4, -0.2) is 43.9 Å². The molecule has 1 aromatic rings. The largest absolute Gasteiger partial charge is 0.493 e. The van der Waals surface area contributed by atoms with Crippen molar-refractivity contribution in [1.29, 1.82) is 0 Å². The number of piperidine rings is 1. The highest BCUT2D eigenvalue weighted by Gasteiger charge is 2.47. The van der Waals surface area contributed by atoms with Crippen molar-refractivity contribution < 1.29 is 19.1 Å². The van der Waals surface area contributed by atoms with Crippen LogP contribution < -0.4 is 14.8 Å². The molecule has 1 saturated heterocycles. The number of halogens is 1. The molecule has 33 heavy (non-hydrogen) atoms. The van der Waals surface area contributed by atoms with Crippen LogP contribution in [0.2, 0.25) is 0 Å². The summed E-state index contributed by atoms with van der Waals surface area (Å²) in [5, 5.41) is 3.39. The number of hydrogen-bond acceptors (Lipinski definition) is 5. The number of amides is 1. The molecular weight excluding hydrogens is 484 g/mol. The fourth-order valence-electron chi connectivity index (χ4n) is 5.53. The van der Waals surface area contributed by atoms with Crippen LogP contribution in [-0.2, 0) is 9.59 Å². The number of ether oxygens (including phenoxy) is 2. The van der Waals surface area contributed by atoms with E-state index in [1.807, 2.05) is 17.0 Å². The van der Waals surface area contributed by atoms with Crippen molar-refractivity contribution in [3.05, 3.63) is 45.7 Å². The van der Waals surface area contributed by atoms with Crippen LogP contribution in [0.1, 0.15) is 57.4 Å². The molecule has 0 saturated carbocycles. The predicted molar refractivity (Wildman–Crippen MR) is 131 cm³/mol. The van der Waals surface area contributed by atoms with Gasteiger partial charge in [0.05, 0.1) is 24.6 Å². The van der Waals surface area contributed by atoms with E-state index in [4.69, 9.17) is 9.47 Å². The third-order valence-corrected chi connectivity index (χ3v) is 7.59.